The fourth-order valence-corrected chi connectivity index (χ4v) is 5.98. The summed E-state index contributed by atoms with van der Waals surface area (Å²) >= 11 is 0. The van der Waals surface area contributed by atoms with Gasteiger partial charge in [0.25, 0.3) is 0 Å². The van der Waals surface area contributed by atoms with E-state index >= 15 is 0 Å². The molecule has 5 atom stereocenters. The number of benzene rings is 1. The molecule has 4 nitrogen and oxygen atoms in total. The van der Waals surface area contributed by atoms with Gasteiger partial charge in [0.15, 0.2) is 0 Å². The molecule has 0 N–H and O–H groups in total. The second-order valence-electron chi connectivity index (χ2n) is 8.14. The van der Waals surface area contributed by atoms with Crippen molar-refractivity contribution in [3.05, 3.63) is 29.3 Å². The summed E-state index contributed by atoms with van der Waals surface area (Å²) in [6.07, 6.45) is 4.74. The summed E-state index contributed by atoms with van der Waals surface area (Å²) in [7, 11) is 0. The number of fused-ring (bicyclic) bond motifs is 3. The van der Waals surface area contributed by atoms with Gasteiger partial charge in [0, 0.05) is 37.0 Å². The van der Waals surface area contributed by atoms with E-state index in [2.05, 4.69) is 13.0 Å². The molecule has 0 aromatic heterocycles. The highest BCUT2D eigenvalue weighted by atomic mass is 16.6. The summed E-state index contributed by atoms with van der Waals surface area (Å²) in [4.78, 5) is 23.6. The number of carbonyl (C=O) groups is 2. The Labute approximate surface area is 141 Å². The third-order valence-electron chi connectivity index (χ3n) is 7.06. The number of Topliss-reactive ketones (excluding diaryl/α,β-unsaturated/α-hetero) is 1. The van der Waals surface area contributed by atoms with Crippen molar-refractivity contribution in [2.75, 3.05) is 0 Å². The highest BCUT2D eigenvalue weighted by molar-refractivity contribution is 5.87. The van der Waals surface area contributed by atoms with Gasteiger partial charge < -0.3 is 9.47 Å². The van der Waals surface area contributed by atoms with Gasteiger partial charge in [0.05, 0.1) is 6.10 Å². The Morgan fingerprint density at radius 3 is 2.96 bits per heavy atom. The summed E-state index contributed by atoms with van der Waals surface area (Å²) in [5, 5.41) is 0. The lowest BCUT2D eigenvalue weighted by Gasteiger charge is -2.46. The molecule has 1 heterocycles. The van der Waals surface area contributed by atoms with E-state index in [1.165, 1.54) is 18.1 Å². The molecule has 4 aliphatic rings. The SMILES string of the molecule is CC(=O)Oc1ccc2c(c1)C[C@H]1O[C@@]13[C@@H]2CC[C@]1(C)C(=O)CC[C@@H]31. The molecule has 0 amide bonds. The van der Waals surface area contributed by atoms with Crippen molar-refractivity contribution in [3.8, 4) is 5.75 Å². The Morgan fingerprint density at radius 1 is 1.33 bits per heavy atom. The lowest BCUT2D eigenvalue weighted by Crippen LogP contribution is -2.49. The molecule has 126 valence electrons. The number of esters is 1. The summed E-state index contributed by atoms with van der Waals surface area (Å²) in [6, 6.07) is 6.00. The molecule has 1 spiro atoms. The molecule has 0 unspecified atom stereocenters. The molecular formula is C20H22O4. The number of epoxide rings is 1. The van der Waals surface area contributed by atoms with Crippen LogP contribution in [0.5, 0.6) is 5.75 Å². The first-order chi connectivity index (χ1) is 11.4. The number of carbonyl (C=O) groups excluding carboxylic acids is 2. The molecule has 5 rings (SSSR count). The van der Waals surface area contributed by atoms with Crippen molar-refractivity contribution in [2.24, 2.45) is 11.3 Å². The number of ketones is 1. The molecule has 24 heavy (non-hydrogen) atoms. The van der Waals surface area contributed by atoms with E-state index in [0.717, 1.165) is 25.7 Å². The van der Waals surface area contributed by atoms with Gasteiger partial charge in [-0.05, 0) is 42.5 Å². The van der Waals surface area contributed by atoms with Gasteiger partial charge >= 0.3 is 5.97 Å². The molecule has 1 aliphatic heterocycles. The maximum Gasteiger partial charge on any atom is 0.308 e. The molecule has 1 aromatic rings. The van der Waals surface area contributed by atoms with Crippen LogP contribution in [-0.2, 0) is 20.7 Å². The number of ether oxygens (including phenoxy) is 2. The molecule has 4 heteroatoms. The van der Waals surface area contributed by atoms with Crippen LogP contribution in [0.3, 0.4) is 0 Å². The van der Waals surface area contributed by atoms with Crippen LogP contribution in [0.15, 0.2) is 18.2 Å². The standard InChI is InChI=1S/C20H22O4/c1-11(21)23-13-3-4-14-12(9-13)10-18-20(24-18)15(14)7-8-19(2)16(20)5-6-17(19)22/h3-4,9,15-16,18H,5-8,10H2,1-2H3/t15-,16-,18-,19+,20-/m1/s1. The monoisotopic (exact) mass is 326 g/mol. The second-order valence-corrected chi connectivity index (χ2v) is 8.14. The van der Waals surface area contributed by atoms with E-state index in [4.69, 9.17) is 9.47 Å². The molecule has 3 fully saturated rings. The largest absolute Gasteiger partial charge is 0.427 e. The zero-order chi connectivity index (χ0) is 16.7. The molecule has 0 radical (unpaired) electrons. The lowest BCUT2D eigenvalue weighted by atomic mass is 9.55. The Hall–Kier alpha value is -1.68. The fraction of sp³-hybridized carbons (Fsp3) is 0.600. The summed E-state index contributed by atoms with van der Waals surface area (Å²) in [6.45, 7) is 3.59. The Bertz CT molecular complexity index is 769. The average Bonchev–Trinajstić information content (AvgIpc) is 3.15. The topological polar surface area (TPSA) is 55.9 Å². The van der Waals surface area contributed by atoms with E-state index in [0.29, 0.717) is 29.8 Å². The van der Waals surface area contributed by atoms with E-state index < -0.39 is 0 Å². The highest BCUT2D eigenvalue weighted by Crippen LogP contribution is 2.69. The predicted octanol–water partition coefficient (Wildman–Crippen LogP) is 3.17. The zero-order valence-corrected chi connectivity index (χ0v) is 14.1. The predicted molar refractivity (Wildman–Crippen MR) is 86.9 cm³/mol. The minimum atomic E-state index is -0.291. The molecule has 0 bridgehead atoms. The highest BCUT2D eigenvalue weighted by Gasteiger charge is 2.74. The van der Waals surface area contributed by atoms with Crippen LogP contribution < -0.4 is 4.74 Å². The van der Waals surface area contributed by atoms with Gasteiger partial charge in [-0.2, -0.15) is 0 Å². The fourth-order valence-electron chi connectivity index (χ4n) is 5.98. The third kappa shape index (κ3) is 1.67. The lowest BCUT2D eigenvalue weighted by molar-refractivity contribution is -0.132. The zero-order valence-electron chi connectivity index (χ0n) is 14.1. The quantitative estimate of drug-likeness (QED) is 0.452. The van der Waals surface area contributed by atoms with Crippen molar-refractivity contribution in [1.29, 1.82) is 0 Å². The van der Waals surface area contributed by atoms with Crippen molar-refractivity contribution in [2.45, 2.75) is 63.6 Å². The Balaban J connectivity index is 1.54. The van der Waals surface area contributed by atoms with Crippen molar-refractivity contribution in [3.63, 3.8) is 0 Å². The minimum Gasteiger partial charge on any atom is -0.427 e. The van der Waals surface area contributed by atoms with Crippen LogP contribution in [0.4, 0.5) is 0 Å². The van der Waals surface area contributed by atoms with Gasteiger partial charge in [0.2, 0.25) is 0 Å². The van der Waals surface area contributed by atoms with Crippen LogP contribution in [0.2, 0.25) is 0 Å². The maximum absolute atomic E-state index is 12.5. The van der Waals surface area contributed by atoms with E-state index in [9.17, 15) is 9.59 Å². The van der Waals surface area contributed by atoms with Crippen molar-refractivity contribution < 1.29 is 19.1 Å². The van der Waals surface area contributed by atoms with E-state index in [1.807, 2.05) is 12.1 Å². The van der Waals surface area contributed by atoms with Gasteiger partial charge in [0.1, 0.15) is 17.1 Å². The van der Waals surface area contributed by atoms with E-state index in [-0.39, 0.29) is 23.1 Å². The van der Waals surface area contributed by atoms with Crippen LogP contribution in [-0.4, -0.2) is 23.5 Å². The van der Waals surface area contributed by atoms with Crippen molar-refractivity contribution in [1.82, 2.24) is 0 Å². The molecule has 1 saturated heterocycles. The summed E-state index contributed by atoms with van der Waals surface area (Å²) in [5.74, 6) is 1.50. The number of hydrogen-bond acceptors (Lipinski definition) is 4. The van der Waals surface area contributed by atoms with Gasteiger partial charge in [-0.3, -0.25) is 9.59 Å². The van der Waals surface area contributed by atoms with Crippen LogP contribution in [0.25, 0.3) is 0 Å². The smallest absolute Gasteiger partial charge is 0.308 e. The normalized spacial score (nSPS) is 41.8. The van der Waals surface area contributed by atoms with Crippen molar-refractivity contribution >= 4 is 11.8 Å². The first-order valence-electron chi connectivity index (χ1n) is 8.97. The Kier molecular flexibility index (Phi) is 2.73. The first-order valence-corrected chi connectivity index (χ1v) is 8.97. The third-order valence-corrected chi connectivity index (χ3v) is 7.06. The minimum absolute atomic E-state index is 0.116. The molecule has 1 aromatic carbocycles. The molecule has 3 aliphatic carbocycles. The second kappa shape index (κ2) is 4.48. The summed E-state index contributed by atoms with van der Waals surface area (Å²) < 4.78 is 11.6. The van der Waals surface area contributed by atoms with E-state index in [1.54, 1.807) is 0 Å². The van der Waals surface area contributed by atoms with Gasteiger partial charge in [-0.1, -0.05) is 13.0 Å². The van der Waals surface area contributed by atoms with Gasteiger partial charge in [-0.25, -0.2) is 0 Å². The molecule has 2 saturated carbocycles. The Morgan fingerprint density at radius 2 is 2.17 bits per heavy atom. The average molecular weight is 326 g/mol. The number of hydrogen-bond donors (Lipinski definition) is 0. The maximum atomic E-state index is 12.5. The van der Waals surface area contributed by atoms with Crippen LogP contribution >= 0.6 is 0 Å². The molecular weight excluding hydrogens is 304 g/mol. The van der Waals surface area contributed by atoms with Crippen LogP contribution in [0, 0.1) is 11.3 Å². The summed E-state index contributed by atoms with van der Waals surface area (Å²) in [5.41, 5.74) is 2.28. The number of rotatable bonds is 1. The van der Waals surface area contributed by atoms with Gasteiger partial charge in [-0.15, -0.1) is 0 Å². The van der Waals surface area contributed by atoms with Crippen LogP contribution in [0.1, 0.15) is 56.6 Å². The first kappa shape index (κ1) is 14.6.